The van der Waals surface area contributed by atoms with E-state index in [0.29, 0.717) is 24.6 Å². The topological polar surface area (TPSA) is 81.8 Å². The van der Waals surface area contributed by atoms with Crippen LogP contribution in [0.3, 0.4) is 0 Å². The molecule has 1 amide bonds. The molecule has 140 valence electrons. The highest BCUT2D eigenvalue weighted by Gasteiger charge is 2.16. The van der Waals surface area contributed by atoms with Gasteiger partial charge in [0, 0.05) is 24.0 Å². The molecule has 3 rings (SSSR count). The van der Waals surface area contributed by atoms with Crippen LogP contribution < -0.4 is 10.9 Å². The van der Waals surface area contributed by atoms with Gasteiger partial charge in [0.1, 0.15) is 6.54 Å². The molecule has 27 heavy (non-hydrogen) atoms. The average molecular weight is 365 g/mol. The molecule has 0 atom stereocenters. The number of carbonyl (C=O) groups is 1. The predicted molar refractivity (Wildman–Crippen MR) is 103 cm³/mol. The lowest BCUT2D eigenvalue weighted by atomic mass is 10.2. The van der Waals surface area contributed by atoms with Gasteiger partial charge in [-0.05, 0) is 31.9 Å². The number of hydrogen-bond acceptors (Lipinski definition) is 4. The quantitative estimate of drug-likeness (QED) is 0.724. The molecule has 0 radical (unpaired) electrons. The van der Waals surface area contributed by atoms with Crippen LogP contribution >= 0.6 is 0 Å². The lowest BCUT2D eigenvalue weighted by Gasteiger charge is -2.14. The normalized spacial score (nSPS) is 10.8. The number of carbonyl (C=O) groups excluding carboxylic acids is 1. The highest BCUT2D eigenvalue weighted by molar-refractivity contribution is 5.75. The Morgan fingerprint density at radius 1 is 1.15 bits per heavy atom. The second-order valence-electron chi connectivity index (χ2n) is 6.43. The van der Waals surface area contributed by atoms with Crippen LogP contribution in [0.4, 0.5) is 0 Å². The maximum absolute atomic E-state index is 12.6. The summed E-state index contributed by atoms with van der Waals surface area (Å²) in [6.07, 6.45) is 0.628. The van der Waals surface area contributed by atoms with Crippen molar-refractivity contribution in [2.24, 2.45) is 0 Å². The van der Waals surface area contributed by atoms with Crippen molar-refractivity contribution in [3.8, 4) is 5.95 Å². The summed E-state index contributed by atoms with van der Waals surface area (Å²) < 4.78 is 2.97. The Morgan fingerprint density at radius 2 is 1.89 bits per heavy atom. The number of amides is 1. The fourth-order valence-electron chi connectivity index (χ4n) is 2.86. The Balaban J connectivity index is 1.89. The van der Waals surface area contributed by atoms with Crippen LogP contribution in [0.25, 0.3) is 5.95 Å². The Morgan fingerprint density at radius 3 is 2.52 bits per heavy atom. The molecule has 2 aromatic heterocycles. The highest BCUT2D eigenvalue weighted by atomic mass is 16.2. The fourth-order valence-corrected chi connectivity index (χ4v) is 2.86. The minimum atomic E-state index is -0.265. The molecular weight excluding hydrogens is 342 g/mol. The second kappa shape index (κ2) is 7.99. The molecule has 0 bridgehead atoms. The average Bonchev–Trinajstić information content (AvgIpc) is 3.00. The zero-order valence-electron chi connectivity index (χ0n) is 15.8. The molecule has 0 aliphatic carbocycles. The number of nitrogens with one attached hydrogen (secondary N) is 1. The van der Waals surface area contributed by atoms with Gasteiger partial charge >= 0.3 is 0 Å². The van der Waals surface area contributed by atoms with Gasteiger partial charge in [-0.3, -0.25) is 14.2 Å². The summed E-state index contributed by atoms with van der Waals surface area (Å²) in [5, 5.41) is 7.27. The molecule has 7 heteroatoms. The first-order chi connectivity index (χ1) is 13.0. The minimum Gasteiger partial charge on any atom is -0.350 e. The first-order valence-electron chi connectivity index (χ1n) is 8.93. The minimum absolute atomic E-state index is 0.115. The van der Waals surface area contributed by atoms with Crippen LogP contribution in [0.2, 0.25) is 0 Å². The van der Waals surface area contributed by atoms with Gasteiger partial charge in [0.25, 0.3) is 5.56 Å². The lowest BCUT2D eigenvalue weighted by molar-refractivity contribution is -0.121. The molecule has 0 aliphatic heterocycles. The third-order valence-corrected chi connectivity index (χ3v) is 4.24. The van der Waals surface area contributed by atoms with Gasteiger partial charge in [-0.25, -0.2) is 9.67 Å². The largest absolute Gasteiger partial charge is 0.350 e. The second-order valence-corrected chi connectivity index (χ2v) is 6.43. The van der Waals surface area contributed by atoms with Crippen molar-refractivity contribution in [3.63, 3.8) is 0 Å². The van der Waals surface area contributed by atoms with E-state index >= 15 is 0 Å². The molecule has 0 saturated heterocycles. The Kier molecular flexibility index (Phi) is 5.49. The Bertz CT molecular complexity index is 1000. The number of aryl methyl sites for hydroxylation is 3. The van der Waals surface area contributed by atoms with Gasteiger partial charge in [-0.1, -0.05) is 37.3 Å². The standard InChI is InChI=1S/C20H23N5O2/c1-4-17-11-19(27)24(20(22-17)25-15(3)10-14(2)23-25)13-18(26)21-12-16-8-6-5-7-9-16/h5-11H,4,12-13H2,1-3H3,(H,21,26). The summed E-state index contributed by atoms with van der Waals surface area (Å²) in [6.45, 7) is 6.00. The molecule has 0 aliphatic rings. The summed E-state index contributed by atoms with van der Waals surface area (Å²) in [5.41, 5.74) is 3.08. The van der Waals surface area contributed by atoms with Crippen LogP contribution in [0.5, 0.6) is 0 Å². The first-order valence-corrected chi connectivity index (χ1v) is 8.93. The van der Waals surface area contributed by atoms with Crippen LogP contribution in [-0.2, 0) is 24.3 Å². The summed E-state index contributed by atoms with van der Waals surface area (Å²) in [7, 11) is 0. The van der Waals surface area contributed by atoms with Crippen LogP contribution in [0, 0.1) is 13.8 Å². The number of rotatable bonds is 6. The number of benzene rings is 1. The first kappa shape index (κ1) is 18.6. The molecular formula is C20H23N5O2. The smallest absolute Gasteiger partial charge is 0.255 e. The summed E-state index contributed by atoms with van der Waals surface area (Å²) in [4.78, 5) is 29.6. The Hall–Kier alpha value is -3.22. The van der Waals surface area contributed by atoms with Gasteiger partial charge in [0.15, 0.2) is 0 Å². The Labute approximate surface area is 157 Å². The maximum Gasteiger partial charge on any atom is 0.255 e. The molecule has 0 unspecified atom stereocenters. The van der Waals surface area contributed by atoms with Crippen molar-refractivity contribution >= 4 is 5.91 Å². The van der Waals surface area contributed by atoms with Gasteiger partial charge in [0.2, 0.25) is 11.9 Å². The molecule has 0 saturated carbocycles. The molecule has 3 aromatic rings. The summed E-state index contributed by atoms with van der Waals surface area (Å²) in [6, 6.07) is 13.0. The van der Waals surface area contributed by atoms with Crippen molar-refractivity contribution in [2.75, 3.05) is 0 Å². The van der Waals surface area contributed by atoms with Gasteiger partial charge in [-0.2, -0.15) is 5.10 Å². The predicted octanol–water partition coefficient (Wildman–Crippen LogP) is 1.92. The van der Waals surface area contributed by atoms with Crippen molar-refractivity contribution in [1.82, 2.24) is 24.6 Å². The van der Waals surface area contributed by atoms with E-state index in [4.69, 9.17) is 0 Å². The number of nitrogens with zero attached hydrogens (tertiary/aromatic N) is 4. The number of hydrogen-bond donors (Lipinski definition) is 1. The third-order valence-electron chi connectivity index (χ3n) is 4.24. The zero-order valence-corrected chi connectivity index (χ0v) is 15.8. The molecule has 7 nitrogen and oxygen atoms in total. The zero-order chi connectivity index (χ0) is 19.4. The van der Waals surface area contributed by atoms with Crippen molar-refractivity contribution in [1.29, 1.82) is 0 Å². The van der Waals surface area contributed by atoms with E-state index in [1.165, 1.54) is 10.6 Å². The number of aromatic nitrogens is 4. The molecule has 1 N–H and O–H groups in total. The monoisotopic (exact) mass is 365 g/mol. The van der Waals surface area contributed by atoms with E-state index in [1.807, 2.05) is 57.2 Å². The summed E-state index contributed by atoms with van der Waals surface area (Å²) in [5.74, 6) is 0.106. The van der Waals surface area contributed by atoms with E-state index in [-0.39, 0.29) is 18.0 Å². The van der Waals surface area contributed by atoms with E-state index in [9.17, 15) is 9.59 Å². The summed E-state index contributed by atoms with van der Waals surface area (Å²) >= 11 is 0. The van der Waals surface area contributed by atoms with Crippen LogP contribution in [0.15, 0.2) is 47.3 Å². The molecule has 0 fully saturated rings. The third kappa shape index (κ3) is 4.31. The fraction of sp³-hybridized carbons (Fsp3) is 0.300. The van der Waals surface area contributed by atoms with E-state index in [2.05, 4.69) is 15.4 Å². The molecule has 2 heterocycles. The van der Waals surface area contributed by atoms with E-state index < -0.39 is 0 Å². The van der Waals surface area contributed by atoms with Crippen molar-refractivity contribution in [3.05, 3.63) is 75.5 Å². The van der Waals surface area contributed by atoms with Crippen molar-refractivity contribution in [2.45, 2.75) is 40.3 Å². The molecule has 1 aromatic carbocycles. The molecule has 0 spiro atoms. The van der Waals surface area contributed by atoms with Crippen LogP contribution in [-0.4, -0.2) is 25.2 Å². The van der Waals surface area contributed by atoms with Crippen LogP contribution in [0.1, 0.15) is 29.6 Å². The highest BCUT2D eigenvalue weighted by Crippen LogP contribution is 2.10. The van der Waals surface area contributed by atoms with E-state index in [0.717, 1.165) is 17.0 Å². The maximum atomic E-state index is 12.6. The van der Waals surface area contributed by atoms with Crippen molar-refractivity contribution < 1.29 is 4.79 Å². The van der Waals surface area contributed by atoms with Gasteiger partial charge in [-0.15, -0.1) is 0 Å². The lowest BCUT2D eigenvalue weighted by Crippen LogP contribution is -2.35. The SMILES string of the molecule is CCc1cc(=O)n(CC(=O)NCc2ccccc2)c(-n2nc(C)cc2C)n1. The van der Waals surface area contributed by atoms with Gasteiger partial charge < -0.3 is 5.32 Å². The van der Waals surface area contributed by atoms with E-state index in [1.54, 1.807) is 4.68 Å². The van der Waals surface area contributed by atoms with Gasteiger partial charge in [0.05, 0.1) is 5.69 Å².